The van der Waals surface area contributed by atoms with Crippen molar-refractivity contribution in [2.24, 2.45) is 4.99 Å². The molecule has 6 nitrogen and oxygen atoms in total. The van der Waals surface area contributed by atoms with Gasteiger partial charge < -0.3 is 15.1 Å². The highest BCUT2D eigenvalue weighted by Gasteiger charge is 2.21. The van der Waals surface area contributed by atoms with Gasteiger partial charge in [-0.1, -0.05) is 54.6 Å². The van der Waals surface area contributed by atoms with Crippen LogP contribution in [0.15, 0.2) is 59.6 Å². The highest BCUT2D eigenvalue weighted by Crippen LogP contribution is 2.25. The number of rotatable bonds is 5. The van der Waals surface area contributed by atoms with Crippen LogP contribution in [0.25, 0.3) is 0 Å². The van der Waals surface area contributed by atoms with Gasteiger partial charge >= 0.3 is 11.9 Å². The summed E-state index contributed by atoms with van der Waals surface area (Å²) in [6.45, 7) is 1.13. The van der Waals surface area contributed by atoms with Crippen molar-refractivity contribution >= 4 is 17.7 Å². The van der Waals surface area contributed by atoms with Crippen molar-refractivity contribution in [1.29, 1.82) is 0 Å². The molecule has 1 aliphatic heterocycles. The third kappa shape index (κ3) is 6.32. The number of aliphatic carboxylic acids is 2. The molecule has 1 unspecified atom stereocenters. The van der Waals surface area contributed by atoms with Gasteiger partial charge in [-0.25, -0.2) is 9.59 Å². The number of carbonyl (C=O) groups is 2. The lowest BCUT2D eigenvalue weighted by Gasteiger charge is -2.24. The molecular formula is C22H26N2O4. The number of nitrogens with zero attached hydrogens (tertiary/aromatic N) is 2. The first kappa shape index (κ1) is 21.3. The fourth-order valence-electron chi connectivity index (χ4n) is 3.12. The monoisotopic (exact) mass is 382 g/mol. The number of benzene rings is 2. The van der Waals surface area contributed by atoms with Gasteiger partial charge in [0.2, 0.25) is 0 Å². The summed E-state index contributed by atoms with van der Waals surface area (Å²) in [4.78, 5) is 25.5. The van der Waals surface area contributed by atoms with Crippen LogP contribution in [0.2, 0.25) is 0 Å². The number of hydrogen-bond donors (Lipinski definition) is 2. The van der Waals surface area contributed by atoms with E-state index in [1.54, 1.807) is 0 Å². The van der Waals surface area contributed by atoms with Crippen LogP contribution in [0.3, 0.4) is 0 Å². The molecular weight excluding hydrogens is 356 g/mol. The topological polar surface area (TPSA) is 90.2 Å². The molecule has 0 spiro atoms. The van der Waals surface area contributed by atoms with E-state index < -0.39 is 11.9 Å². The first-order valence-corrected chi connectivity index (χ1v) is 9.21. The van der Waals surface area contributed by atoms with E-state index in [9.17, 15) is 0 Å². The molecule has 148 valence electrons. The summed E-state index contributed by atoms with van der Waals surface area (Å²) in [6, 6.07) is 19.7. The molecule has 0 saturated carbocycles. The standard InChI is InChI=1S/C20H24N2.C2H2O4/c1-22(2)14-8-12-18-15-17-11-6-7-13-19(17)20(21-18)16-9-4-3-5-10-16;3-1(4)2(5)6/h3-7,9-11,13,18H,8,12,14-15H2,1-2H3;(H,3,4)(H,5,6). The first-order valence-electron chi connectivity index (χ1n) is 9.21. The Morgan fingerprint density at radius 2 is 1.61 bits per heavy atom. The van der Waals surface area contributed by atoms with Gasteiger partial charge in [0.25, 0.3) is 0 Å². The van der Waals surface area contributed by atoms with Gasteiger partial charge in [0.1, 0.15) is 0 Å². The third-order valence-corrected chi connectivity index (χ3v) is 4.41. The van der Waals surface area contributed by atoms with E-state index in [1.807, 2.05) is 0 Å². The minimum absolute atomic E-state index is 0.407. The Bertz CT molecular complexity index is 819. The molecule has 0 radical (unpaired) electrons. The summed E-state index contributed by atoms with van der Waals surface area (Å²) in [5.74, 6) is -3.65. The largest absolute Gasteiger partial charge is 0.473 e. The maximum atomic E-state index is 9.10. The zero-order chi connectivity index (χ0) is 20.5. The van der Waals surface area contributed by atoms with E-state index in [0.717, 1.165) is 25.1 Å². The summed E-state index contributed by atoms with van der Waals surface area (Å²) in [6.07, 6.45) is 3.42. The maximum absolute atomic E-state index is 9.10. The lowest BCUT2D eigenvalue weighted by molar-refractivity contribution is -0.159. The molecule has 0 aromatic heterocycles. The second-order valence-corrected chi connectivity index (χ2v) is 6.91. The fraction of sp³-hybridized carbons (Fsp3) is 0.318. The average Bonchev–Trinajstić information content (AvgIpc) is 2.68. The lowest BCUT2D eigenvalue weighted by atomic mass is 9.89. The highest BCUT2D eigenvalue weighted by molar-refractivity contribution is 6.27. The molecule has 0 amide bonds. The third-order valence-electron chi connectivity index (χ3n) is 4.41. The number of carboxylic acids is 2. The van der Waals surface area contributed by atoms with E-state index in [4.69, 9.17) is 24.8 Å². The van der Waals surface area contributed by atoms with Gasteiger partial charge in [-0.2, -0.15) is 0 Å². The molecule has 0 saturated heterocycles. The van der Waals surface area contributed by atoms with Gasteiger partial charge in [-0.3, -0.25) is 4.99 Å². The Kier molecular flexibility index (Phi) is 7.89. The van der Waals surface area contributed by atoms with Crippen LogP contribution >= 0.6 is 0 Å². The zero-order valence-electron chi connectivity index (χ0n) is 16.2. The number of carboxylic acid groups (broad SMARTS) is 2. The van der Waals surface area contributed by atoms with Crippen LogP contribution in [0, 0.1) is 0 Å². The predicted octanol–water partition coefficient (Wildman–Crippen LogP) is 2.95. The van der Waals surface area contributed by atoms with Crippen LogP contribution in [0.4, 0.5) is 0 Å². The highest BCUT2D eigenvalue weighted by atomic mass is 16.4. The van der Waals surface area contributed by atoms with Gasteiger partial charge in [0.05, 0.1) is 11.8 Å². The Hall–Kier alpha value is -2.99. The summed E-state index contributed by atoms with van der Waals surface area (Å²) in [7, 11) is 4.27. The van der Waals surface area contributed by atoms with Crippen molar-refractivity contribution < 1.29 is 19.8 Å². The minimum Gasteiger partial charge on any atom is -0.473 e. The normalized spacial score (nSPS) is 15.1. The van der Waals surface area contributed by atoms with Crippen molar-refractivity contribution in [3.8, 4) is 0 Å². The lowest BCUT2D eigenvalue weighted by Crippen LogP contribution is -2.23. The smallest absolute Gasteiger partial charge is 0.414 e. The summed E-state index contributed by atoms with van der Waals surface area (Å²) in [5.41, 5.74) is 5.13. The Labute approximate surface area is 165 Å². The second kappa shape index (κ2) is 10.4. The molecule has 3 rings (SSSR count). The molecule has 0 bridgehead atoms. The molecule has 1 atom stereocenters. The molecule has 1 heterocycles. The molecule has 2 aromatic carbocycles. The Morgan fingerprint density at radius 1 is 1.00 bits per heavy atom. The van der Waals surface area contributed by atoms with E-state index in [1.165, 1.54) is 23.1 Å². The van der Waals surface area contributed by atoms with Gasteiger partial charge in [-0.05, 0) is 45.5 Å². The van der Waals surface area contributed by atoms with E-state index in [2.05, 4.69) is 73.6 Å². The summed E-state index contributed by atoms with van der Waals surface area (Å²) < 4.78 is 0. The maximum Gasteiger partial charge on any atom is 0.414 e. The molecule has 2 aromatic rings. The molecule has 2 N–H and O–H groups in total. The van der Waals surface area contributed by atoms with Crippen molar-refractivity contribution in [3.05, 3.63) is 71.3 Å². The van der Waals surface area contributed by atoms with E-state index >= 15 is 0 Å². The van der Waals surface area contributed by atoms with E-state index in [-0.39, 0.29) is 0 Å². The molecule has 28 heavy (non-hydrogen) atoms. The predicted molar refractivity (Wildman–Crippen MR) is 109 cm³/mol. The minimum atomic E-state index is -1.82. The first-order chi connectivity index (χ1) is 13.4. The van der Waals surface area contributed by atoms with Crippen molar-refractivity contribution in [2.45, 2.75) is 25.3 Å². The second-order valence-electron chi connectivity index (χ2n) is 6.91. The van der Waals surface area contributed by atoms with Gasteiger partial charge in [0.15, 0.2) is 0 Å². The summed E-state index contributed by atoms with van der Waals surface area (Å²) in [5, 5.41) is 14.8. The number of hydrogen-bond acceptors (Lipinski definition) is 4. The number of aliphatic imine (C=N–C) groups is 1. The van der Waals surface area contributed by atoms with Gasteiger partial charge in [-0.15, -0.1) is 0 Å². The zero-order valence-corrected chi connectivity index (χ0v) is 16.2. The van der Waals surface area contributed by atoms with Crippen molar-refractivity contribution in [2.75, 3.05) is 20.6 Å². The van der Waals surface area contributed by atoms with Crippen molar-refractivity contribution in [3.63, 3.8) is 0 Å². The quantitative estimate of drug-likeness (QED) is 0.776. The molecule has 1 aliphatic rings. The van der Waals surface area contributed by atoms with Crippen LogP contribution in [0.1, 0.15) is 29.5 Å². The van der Waals surface area contributed by atoms with Gasteiger partial charge in [0, 0.05) is 11.1 Å². The van der Waals surface area contributed by atoms with Crippen LogP contribution < -0.4 is 0 Å². The number of fused-ring (bicyclic) bond motifs is 1. The molecule has 6 heteroatoms. The fourth-order valence-corrected chi connectivity index (χ4v) is 3.12. The van der Waals surface area contributed by atoms with Crippen LogP contribution in [0.5, 0.6) is 0 Å². The Morgan fingerprint density at radius 3 is 2.21 bits per heavy atom. The average molecular weight is 382 g/mol. The van der Waals surface area contributed by atoms with E-state index in [0.29, 0.717) is 6.04 Å². The SMILES string of the molecule is CN(C)CCCC1Cc2ccccc2C(c2ccccc2)=N1.O=C(O)C(=O)O. The van der Waals surface area contributed by atoms with Crippen LogP contribution in [-0.2, 0) is 16.0 Å². The molecule has 0 aliphatic carbocycles. The Balaban J connectivity index is 0.000000409. The van der Waals surface area contributed by atoms with Crippen LogP contribution in [-0.4, -0.2) is 59.4 Å². The summed E-state index contributed by atoms with van der Waals surface area (Å²) >= 11 is 0. The van der Waals surface area contributed by atoms with Crippen molar-refractivity contribution in [1.82, 2.24) is 4.90 Å². The molecule has 0 fully saturated rings.